The zero-order chi connectivity index (χ0) is 37.8. The molecule has 2 amide bonds. The van der Waals surface area contributed by atoms with Gasteiger partial charge in [0.15, 0.2) is 5.79 Å². The molecule has 3 aliphatic rings. The minimum atomic E-state index is -0.965. The molecule has 0 aromatic heterocycles. The fourth-order valence-electron chi connectivity index (χ4n) is 7.74. The van der Waals surface area contributed by atoms with Crippen LogP contribution in [-0.2, 0) is 41.7 Å². The van der Waals surface area contributed by atoms with E-state index in [1.165, 1.54) is 4.90 Å². The number of methoxy groups -OCH3 is 1. The van der Waals surface area contributed by atoms with Gasteiger partial charge in [-0.25, -0.2) is 0 Å². The molecule has 3 aromatic carbocycles. The summed E-state index contributed by atoms with van der Waals surface area (Å²) < 4.78 is 36.3. The highest BCUT2D eigenvalue weighted by atomic mass is 16.7. The van der Waals surface area contributed by atoms with Crippen LogP contribution in [0.5, 0.6) is 5.75 Å². The van der Waals surface area contributed by atoms with Gasteiger partial charge in [-0.05, 0) is 68.0 Å². The van der Waals surface area contributed by atoms with E-state index in [1.54, 1.807) is 31.4 Å². The van der Waals surface area contributed by atoms with Crippen molar-refractivity contribution < 1.29 is 42.8 Å². The Morgan fingerprint density at radius 2 is 1.44 bits per heavy atom. The number of benzene rings is 3. The standard InChI is InChI=1S/C44H53NO9/c1-44(52-26-27-53-44)28-37-39(29-46)54-38(20-12-7-5-3-4-6-8-15-25-50-30-33-21-23-34(49-2)24-22-33)40(41(37)51-31-32-16-10-9-11-17-32)45-42(47)35-18-13-14-19-36(35)43(45)48/h7,9-14,16-19,21-24,29,37-41H,3-6,8,15,20,25-28,30-31H2,1-2H3/b12-7+/t37-,38+,39-,40+,41+/m1/s1. The summed E-state index contributed by atoms with van der Waals surface area (Å²) in [6.07, 6.45) is 9.68. The van der Waals surface area contributed by atoms with Crippen LogP contribution in [0.4, 0.5) is 0 Å². The predicted octanol–water partition coefficient (Wildman–Crippen LogP) is 7.48. The first-order chi connectivity index (χ1) is 26.4. The summed E-state index contributed by atoms with van der Waals surface area (Å²) in [7, 11) is 1.66. The average molecular weight is 740 g/mol. The number of carbonyl (C=O) groups excluding carboxylic acids is 3. The molecule has 3 aromatic rings. The third kappa shape index (κ3) is 9.91. The number of imide groups is 1. The maximum atomic E-state index is 14.0. The highest BCUT2D eigenvalue weighted by molar-refractivity contribution is 6.21. The molecule has 0 N–H and O–H groups in total. The molecule has 3 heterocycles. The Balaban J connectivity index is 1.09. The van der Waals surface area contributed by atoms with E-state index in [-0.39, 0.29) is 24.8 Å². The third-order valence-corrected chi connectivity index (χ3v) is 10.6. The molecule has 0 saturated carbocycles. The number of hydrogen-bond donors (Lipinski definition) is 0. The van der Waals surface area contributed by atoms with E-state index < -0.39 is 36.1 Å². The molecule has 0 aliphatic carbocycles. The number of aldehydes is 1. The number of rotatable bonds is 20. The number of amides is 2. The Labute approximate surface area is 318 Å². The van der Waals surface area contributed by atoms with E-state index in [1.807, 2.05) is 67.6 Å². The van der Waals surface area contributed by atoms with Crippen LogP contribution in [0.3, 0.4) is 0 Å². The van der Waals surface area contributed by atoms with Crippen molar-refractivity contribution in [3.8, 4) is 5.75 Å². The van der Waals surface area contributed by atoms with Crippen molar-refractivity contribution in [1.82, 2.24) is 4.90 Å². The first kappa shape index (κ1) is 39.5. The molecule has 6 rings (SSSR count). The Bertz CT molecular complexity index is 1650. The molecule has 10 nitrogen and oxygen atoms in total. The lowest BCUT2D eigenvalue weighted by Crippen LogP contribution is -2.64. The summed E-state index contributed by atoms with van der Waals surface area (Å²) in [6.45, 7) is 4.27. The molecule has 2 fully saturated rings. The summed E-state index contributed by atoms with van der Waals surface area (Å²) in [5.41, 5.74) is 2.77. The largest absolute Gasteiger partial charge is 0.497 e. The van der Waals surface area contributed by atoms with Crippen LogP contribution < -0.4 is 4.74 Å². The van der Waals surface area contributed by atoms with E-state index in [0.717, 1.165) is 68.3 Å². The Kier molecular flexibility index (Phi) is 14.2. The maximum absolute atomic E-state index is 14.0. The van der Waals surface area contributed by atoms with Gasteiger partial charge in [0, 0.05) is 18.9 Å². The van der Waals surface area contributed by atoms with E-state index in [9.17, 15) is 14.4 Å². The van der Waals surface area contributed by atoms with Crippen LogP contribution >= 0.6 is 0 Å². The summed E-state index contributed by atoms with van der Waals surface area (Å²) >= 11 is 0. The molecule has 3 aliphatic heterocycles. The molecule has 0 unspecified atom stereocenters. The molecule has 0 radical (unpaired) electrons. The fraction of sp³-hybridized carbons (Fsp3) is 0.477. The van der Waals surface area contributed by atoms with Gasteiger partial charge in [-0.2, -0.15) is 0 Å². The molecule has 0 bridgehead atoms. The second kappa shape index (κ2) is 19.4. The predicted molar refractivity (Wildman–Crippen MR) is 203 cm³/mol. The van der Waals surface area contributed by atoms with Crippen molar-refractivity contribution in [3.05, 3.63) is 113 Å². The van der Waals surface area contributed by atoms with Crippen LogP contribution in [0.2, 0.25) is 0 Å². The minimum Gasteiger partial charge on any atom is -0.497 e. The lowest BCUT2D eigenvalue weighted by molar-refractivity contribution is -0.218. The molecule has 288 valence electrons. The summed E-state index contributed by atoms with van der Waals surface area (Å²) in [4.78, 5) is 42.1. The maximum Gasteiger partial charge on any atom is 0.261 e. The number of ether oxygens (including phenoxy) is 6. The number of hydrogen-bond acceptors (Lipinski definition) is 9. The van der Waals surface area contributed by atoms with Gasteiger partial charge in [0.05, 0.1) is 62.9 Å². The van der Waals surface area contributed by atoms with Gasteiger partial charge in [-0.1, -0.05) is 86.0 Å². The average Bonchev–Trinajstić information content (AvgIpc) is 3.74. The quantitative estimate of drug-likeness (QED) is 0.0504. The van der Waals surface area contributed by atoms with Gasteiger partial charge in [0.25, 0.3) is 11.8 Å². The Hall–Kier alpha value is -4.19. The number of fused-ring (bicyclic) bond motifs is 1. The minimum absolute atomic E-state index is 0.225. The Morgan fingerprint density at radius 3 is 2.13 bits per heavy atom. The normalized spacial score (nSPS) is 23.6. The molecule has 0 spiro atoms. The van der Waals surface area contributed by atoms with E-state index in [0.29, 0.717) is 37.4 Å². The van der Waals surface area contributed by atoms with Gasteiger partial charge < -0.3 is 33.2 Å². The topological polar surface area (TPSA) is 110 Å². The summed E-state index contributed by atoms with van der Waals surface area (Å²) in [5.74, 6) is -1.46. The van der Waals surface area contributed by atoms with Gasteiger partial charge in [0.2, 0.25) is 0 Å². The van der Waals surface area contributed by atoms with Crippen LogP contribution in [0.1, 0.15) is 90.1 Å². The van der Waals surface area contributed by atoms with Crippen LogP contribution in [0.15, 0.2) is 91.0 Å². The third-order valence-electron chi connectivity index (χ3n) is 10.6. The lowest BCUT2D eigenvalue weighted by atomic mass is 9.79. The molecular weight excluding hydrogens is 686 g/mol. The van der Waals surface area contributed by atoms with Crippen molar-refractivity contribution in [2.24, 2.45) is 5.92 Å². The van der Waals surface area contributed by atoms with Gasteiger partial charge in [-0.15, -0.1) is 0 Å². The second-order valence-corrected chi connectivity index (χ2v) is 14.4. The molecular formula is C44H53NO9. The Morgan fingerprint density at radius 1 is 0.796 bits per heavy atom. The molecule has 2 saturated heterocycles. The second-order valence-electron chi connectivity index (χ2n) is 14.4. The number of unbranched alkanes of at least 4 members (excludes halogenated alkanes) is 5. The lowest BCUT2D eigenvalue weighted by Gasteiger charge is -2.49. The van der Waals surface area contributed by atoms with Gasteiger partial charge in [0.1, 0.15) is 18.1 Å². The van der Waals surface area contributed by atoms with Crippen molar-refractivity contribution in [1.29, 1.82) is 0 Å². The monoisotopic (exact) mass is 739 g/mol. The molecule has 54 heavy (non-hydrogen) atoms. The zero-order valence-electron chi connectivity index (χ0n) is 31.4. The molecule has 5 atom stereocenters. The highest BCUT2D eigenvalue weighted by Crippen LogP contribution is 2.41. The highest BCUT2D eigenvalue weighted by Gasteiger charge is 2.55. The van der Waals surface area contributed by atoms with Crippen molar-refractivity contribution in [2.45, 2.75) is 102 Å². The van der Waals surface area contributed by atoms with E-state index in [2.05, 4.69) is 6.08 Å². The van der Waals surface area contributed by atoms with Gasteiger partial charge in [-0.3, -0.25) is 14.5 Å². The van der Waals surface area contributed by atoms with Crippen LogP contribution in [-0.4, -0.2) is 80.1 Å². The summed E-state index contributed by atoms with van der Waals surface area (Å²) in [5, 5.41) is 0. The SMILES string of the molecule is COc1ccc(COCCCCCCC/C=C/C[C@@H]2O[C@H](C=O)[C@@H](CC3(C)OCCO3)[C@H](OCc3ccccc3)[C@H]2N2C(=O)c3ccccc3C2=O)cc1. The van der Waals surface area contributed by atoms with E-state index >= 15 is 0 Å². The molecule has 10 heteroatoms. The fourth-order valence-corrected chi connectivity index (χ4v) is 7.74. The van der Waals surface area contributed by atoms with Crippen molar-refractivity contribution >= 4 is 18.1 Å². The van der Waals surface area contributed by atoms with Crippen molar-refractivity contribution in [3.63, 3.8) is 0 Å². The van der Waals surface area contributed by atoms with Crippen molar-refractivity contribution in [2.75, 3.05) is 26.9 Å². The van der Waals surface area contributed by atoms with Crippen LogP contribution in [0, 0.1) is 5.92 Å². The first-order valence-corrected chi connectivity index (χ1v) is 19.3. The summed E-state index contributed by atoms with van der Waals surface area (Å²) in [6, 6.07) is 23.7. The number of nitrogens with zero attached hydrogens (tertiary/aromatic N) is 1. The van der Waals surface area contributed by atoms with E-state index in [4.69, 9.17) is 28.4 Å². The van der Waals surface area contributed by atoms with Crippen LogP contribution in [0.25, 0.3) is 0 Å². The zero-order valence-corrected chi connectivity index (χ0v) is 31.4. The number of carbonyl (C=O) groups is 3. The first-order valence-electron chi connectivity index (χ1n) is 19.3. The number of allylic oxidation sites excluding steroid dienone is 1. The van der Waals surface area contributed by atoms with Gasteiger partial charge >= 0.3 is 0 Å². The smallest absolute Gasteiger partial charge is 0.261 e.